The third-order valence-corrected chi connectivity index (χ3v) is 4.54. The smallest absolute Gasteiger partial charge is 0.343 e. The van der Waals surface area contributed by atoms with Crippen LogP contribution >= 0.6 is 0 Å². The number of carbonyl (C=O) groups is 2. The Hall–Kier alpha value is -4.42. The molecule has 0 aromatic heterocycles. The average Bonchev–Trinajstić information content (AvgIpc) is 2.81. The SMILES string of the molecule is N#CCC(CC#N)c1ccc(OC(=O)c2ccccc2)c(OC(=O)c2ccccc2)c1. The Bertz CT molecular complexity index is 1130. The molecule has 31 heavy (non-hydrogen) atoms. The van der Waals surface area contributed by atoms with E-state index in [1.165, 1.54) is 12.1 Å². The summed E-state index contributed by atoms with van der Waals surface area (Å²) in [5.41, 5.74) is 1.32. The molecule has 0 radical (unpaired) electrons. The van der Waals surface area contributed by atoms with E-state index in [0.29, 0.717) is 16.7 Å². The number of ether oxygens (including phenoxy) is 2. The number of hydrogen-bond acceptors (Lipinski definition) is 6. The number of nitriles is 2. The van der Waals surface area contributed by atoms with Gasteiger partial charge in [0.15, 0.2) is 11.5 Å². The van der Waals surface area contributed by atoms with E-state index in [-0.39, 0.29) is 30.3 Å². The van der Waals surface area contributed by atoms with Crippen LogP contribution in [0.25, 0.3) is 0 Å². The van der Waals surface area contributed by atoms with E-state index in [1.54, 1.807) is 66.7 Å². The first-order chi connectivity index (χ1) is 15.1. The zero-order chi connectivity index (χ0) is 22.1. The van der Waals surface area contributed by atoms with Crippen LogP contribution in [0.4, 0.5) is 0 Å². The highest BCUT2D eigenvalue weighted by Crippen LogP contribution is 2.34. The van der Waals surface area contributed by atoms with Crippen LogP contribution in [-0.4, -0.2) is 11.9 Å². The van der Waals surface area contributed by atoms with Gasteiger partial charge in [0.1, 0.15) is 0 Å². The summed E-state index contributed by atoms with van der Waals surface area (Å²) in [7, 11) is 0. The number of benzene rings is 3. The molecule has 0 heterocycles. The van der Waals surface area contributed by atoms with Crippen molar-refractivity contribution in [1.29, 1.82) is 10.5 Å². The monoisotopic (exact) mass is 410 g/mol. The number of rotatable bonds is 7. The number of hydrogen-bond donors (Lipinski definition) is 0. The lowest BCUT2D eigenvalue weighted by molar-refractivity contribution is 0.0682. The lowest BCUT2D eigenvalue weighted by Gasteiger charge is -2.15. The summed E-state index contributed by atoms with van der Waals surface area (Å²) < 4.78 is 11.0. The van der Waals surface area contributed by atoms with Gasteiger partial charge in [-0.25, -0.2) is 9.59 Å². The lowest BCUT2D eigenvalue weighted by atomic mass is 9.93. The van der Waals surface area contributed by atoms with E-state index in [4.69, 9.17) is 20.0 Å². The Morgan fingerprint density at radius 1 is 0.710 bits per heavy atom. The van der Waals surface area contributed by atoms with E-state index in [0.717, 1.165) is 0 Å². The molecule has 152 valence electrons. The Balaban J connectivity index is 1.95. The van der Waals surface area contributed by atoms with Gasteiger partial charge in [-0.05, 0) is 42.0 Å². The van der Waals surface area contributed by atoms with Crippen LogP contribution in [-0.2, 0) is 0 Å². The first-order valence-corrected chi connectivity index (χ1v) is 9.54. The summed E-state index contributed by atoms with van der Waals surface area (Å²) in [5, 5.41) is 18.1. The van der Waals surface area contributed by atoms with E-state index >= 15 is 0 Å². The van der Waals surface area contributed by atoms with Crippen molar-refractivity contribution in [3.05, 3.63) is 95.6 Å². The van der Waals surface area contributed by atoms with Gasteiger partial charge in [-0.15, -0.1) is 0 Å². The molecule has 3 aromatic carbocycles. The Morgan fingerprint density at radius 2 is 1.19 bits per heavy atom. The quantitative estimate of drug-likeness (QED) is 0.400. The molecule has 0 saturated carbocycles. The molecule has 3 aromatic rings. The van der Waals surface area contributed by atoms with Crippen molar-refractivity contribution in [2.75, 3.05) is 0 Å². The normalized spacial score (nSPS) is 10.0. The fraction of sp³-hybridized carbons (Fsp3) is 0.120. The highest BCUT2D eigenvalue weighted by Gasteiger charge is 2.20. The second-order valence-electron chi connectivity index (χ2n) is 6.64. The summed E-state index contributed by atoms with van der Waals surface area (Å²) in [6.45, 7) is 0. The van der Waals surface area contributed by atoms with Crippen LogP contribution in [0.3, 0.4) is 0 Å². The van der Waals surface area contributed by atoms with Crippen molar-refractivity contribution in [3.63, 3.8) is 0 Å². The van der Waals surface area contributed by atoms with Crippen molar-refractivity contribution in [3.8, 4) is 23.6 Å². The standard InChI is InChI=1S/C25H18N2O4/c26-15-13-18(14-16-27)21-11-12-22(30-24(28)19-7-3-1-4-8-19)23(17-21)31-25(29)20-9-5-2-6-10-20/h1-12,17-18H,13-14H2. The fourth-order valence-corrected chi connectivity index (χ4v) is 2.94. The van der Waals surface area contributed by atoms with Crippen LogP contribution in [0.1, 0.15) is 45.0 Å². The largest absolute Gasteiger partial charge is 0.419 e. The lowest BCUT2D eigenvalue weighted by Crippen LogP contribution is -2.13. The van der Waals surface area contributed by atoms with Crippen molar-refractivity contribution in [1.82, 2.24) is 0 Å². The molecule has 0 amide bonds. The highest BCUT2D eigenvalue weighted by atomic mass is 16.6. The van der Waals surface area contributed by atoms with Gasteiger partial charge in [-0.3, -0.25) is 0 Å². The summed E-state index contributed by atoms with van der Waals surface area (Å²) in [6.07, 6.45) is 0.256. The van der Waals surface area contributed by atoms with Crippen LogP contribution in [0.2, 0.25) is 0 Å². The Kier molecular flexibility index (Phi) is 7.13. The van der Waals surface area contributed by atoms with E-state index < -0.39 is 11.9 Å². The summed E-state index contributed by atoms with van der Waals surface area (Å²) in [5.74, 6) is -1.48. The Morgan fingerprint density at radius 3 is 1.68 bits per heavy atom. The molecule has 0 unspecified atom stereocenters. The van der Waals surface area contributed by atoms with Gasteiger partial charge in [0.05, 0.1) is 23.3 Å². The minimum Gasteiger partial charge on any atom is -0.419 e. The summed E-state index contributed by atoms with van der Waals surface area (Å²) in [4.78, 5) is 25.1. The van der Waals surface area contributed by atoms with Crippen molar-refractivity contribution >= 4 is 11.9 Å². The molecule has 0 aliphatic carbocycles. The molecule has 0 spiro atoms. The van der Waals surface area contributed by atoms with Gasteiger partial charge in [0, 0.05) is 18.8 Å². The van der Waals surface area contributed by atoms with Gasteiger partial charge in [-0.1, -0.05) is 42.5 Å². The summed E-state index contributed by atoms with van der Waals surface area (Å²) >= 11 is 0. The average molecular weight is 410 g/mol. The molecule has 0 atom stereocenters. The zero-order valence-electron chi connectivity index (χ0n) is 16.5. The fourth-order valence-electron chi connectivity index (χ4n) is 2.94. The Labute approximate surface area is 179 Å². The molecule has 6 nitrogen and oxygen atoms in total. The molecule has 6 heteroatoms. The second kappa shape index (κ2) is 10.4. The first kappa shape index (κ1) is 21.3. The van der Waals surface area contributed by atoms with E-state index in [1.807, 2.05) is 0 Å². The molecule has 0 aliphatic rings. The number of esters is 2. The van der Waals surface area contributed by atoms with E-state index in [9.17, 15) is 9.59 Å². The molecule has 0 fully saturated rings. The maximum absolute atomic E-state index is 12.6. The third-order valence-electron chi connectivity index (χ3n) is 4.54. The maximum Gasteiger partial charge on any atom is 0.343 e. The molecular formula is C25H18N2O4. The van der Waals surface area contributed by atoms with Gasteiger partial charge < -0.3 is 9.47 Å². The van der Waals surface area contributed by atoms with Crippen LogP contribution in [0.15, 0.2) is 78.9 Å². The van der Waals surface area contributed by atoms with Crippen molar-refractivity contribution in [2.45, 2.75) is 18.8 Å². The van der Waals surface area contributed by atoms with Gasteiger partial charge in [-0.2, -0.15) is 10.5 Å². The number of carbonyl (C=O) groups excluding carboxylic acids is 2. The molecule has 3 rings (SSSR count). The van der Waals surface area contributed by atoms with E-state index in [2.05, 4.69) is 12.1 Å². The molecule has 0 bridgehead atoms. The molecule has 0 N–H and O–H groups in total. The highest BCUT2D eigenvalue weighted by molar-refractivity contribution is 5.93. The van der Waals surface area contributed by atoms with Crippen LogP contribution in [0.5, 0.6) is 11.5 Å². The van der Waals surface area contributed by atoms with Crippen molar-refractivity contribution < 1.29 is 19.1 Å². The molecular weight excluding hydrogens is 392 g/mol. The van der Waals surface area contributed by atoms with Gasteiger partial charge >= 0.3 is 11.9 Å². The third kappa shape index (κ3) is 5.56. The topological polar surface area (TPSA) is 100 Å². The molecule has 0 aliphatic heterocycles. The minimum absolute atomic E-state index is 0.0384. The molecule has 0 saturated heterocycles. The van der Waals surface area contributed by atoms with Crippen molar-refractivity contribution in [2.24, 2.45) is 0 Å². The number of nitrogens with zero attached hydrogens (tertiary/aromatic N) is 2. The first-order valence-electron chi connectivity index (χ1n) is 9.54. The van der Waals surface area contributed by atoms with Gasteiger partial charge in [0.2, 0.25) is 0 Å². The second-order valence-corrected chi connectivity index (χ2v) is 6.64. The zero-order valence-corrected chi connectivity index (χ0v) is 16.5. The minimum atomic E-state index is -0.619. The predicted molar refractivity (Wildman–Crippen MR) is 112 cm³/mol. The van der Waals surface area contributed by atoms with Crippen LogP contribution < -0.4 is 9.47 Å². The van der Waals surface area contributed by atoms with Crippen LogP contribution in [0, 0.1) is 22.7 Å². The van der Waals surface area contributed by atoms with Gasteiger partial charge in [0.25, 0.3) is 0 Å². The maximum atomic E-state index is 12.6. The predicted octanol–water partition coefficient (Wildman–Crippen LogP) is 5.04. The summed E-state index contributed by atoms with van der Waals surface area (Å²) in [6, 6.07) is 25.7.